The molecule has 0 bridgehead atoms. The maximum atomic E-state index is 13.6. The molecule has 5 heteroatoms. The van der Waals surface area contributed by atoms with Crippen molar-refractivity contribution in [3.8, 4) is 0 Å². The zero-order valence-corrected chi connectivity index (χ0v) is 11.4. The second kappa shape index (κ2) is 5.36. The van der Waals surface area contributed by atoms with E-state index in [4.69, 9.17) is 0 Å². The molecule has 2 aromatic heterocycles. The van der Waals surface area contributed by atoms with Crippen LogP contribution in [0.2, 0.25) is 0 Å². The topological polar surface area (TPSA) is 44.1 Å². The summed E-state index contributed by atoms with van der Waals surface area (Å²) in [7, 11) is 1.33. The predicted molar refractivity (Wildman–Crippen MR) is 76.6 cm³/mol. The van der Waals surface area contributed by atoms with E-state index < -0.39 is 5.97 Å². The van der Waals surface area contributed by atoms with Crippen LogP contribution < -0.4 is 0 Å². The van der Waals surface area contributed by atoms with Crippen molar-refractivity contribution in [1.82, 2.24) is 9.55 Å². The highest BCUT2D eigenvalue weighted by atomic mass is 19.1. The summed E-state index contributed by atoms with van der Waals surface area (Å²) < 4.78 is 20.2. The Morgan fingerprint density at radius 3 is 2.86 bits per heavy atom. The summed E-state index contributed by atoms with van der Waals surface area (Å²) in [5.74, 6) is -0.650. The Balaban J connectivity index is 1.88. The number of carbonyl (C=O) groups excluding carboxylic acids is 1. The van der Waals surface area contributed by atoms with Crippen LogP contribution in [0.4, 0.5) is 4.39 Å². The van der Waals surface area contributed by atoms with Crippen molar-refractivity contribution < 1.29 is 13.9 Å². The molecule has 0 N–H and O–H groups in total. The highest BCUT2D eigenvalue weighted by Crippen LogP contribution is 2.19. The molecule has 0 aliphatic rings. The molecule has 0 radical (unpaired) electrons. The number of carbonyl (C=O) groups is 1. The third-order valence-electron chi connectivity index (χ3n) is 3.34. The maximum Gasteiger partial charge on any atom is 0.339 e. The van der Waals surface area contributed by atoms with Gasteiger partial charge in [-0.15, -0.1) is 0 Å². The summed E-state index contributed by atoms with van der Waals surface area (Å²) in [6.07, 6.45) is 3.30. The second-order valence-corrected chi connectivity index (χ2v) is 4.65. The van der Waals surface area contributed by atoms with Crippen LogP contribution in [0, 0.1) is 5.82 Å². The van der Waals surface area contributed by atoms with Crippen molar-refractivity contribution in [2.24, 2.45) is 0 Å². The minimum absolute atomic E-state index is 0.236. The number of benzene rings is 1. The minimum Gasteiger partial charge on any atom is -0.465 e. The van der Waals surface area contributed by atoms with Crippen LogP contribution in [-0.4, -0.2) is 22.6 Å². The predicted octanol–water partition coefficient (Wildman–Crippen LogP) is 3.01. The van der Waals surface area contributed by atoms with Gasteiger partial charge in [0.1, 0.15) is 5.82 Å². The molecular weight excluding hydrogens is 271 g/mol. The van der Waals surface area contributed by atoms with E-state index in [9.17, 15) is 9.18 Å². The van der Waals surface area contributed by atoms with E-state index >= 15 is 0 Å². The van der Waals surface area contributed by atoms with E-state index in [-0.39, 0.29) is 5.82 Å². The van der Waals surface area contributed by atoms with Gasteiger partial charge in [0.05, 0.1) is 30.4 Å². The normalized spacial score (nSPS) is 10.8. The van der Waals surface area contributed by atoms with Gasteiger partial charge in [0.2, 0.25) is 0 Å². The highest BCUT2D eigenvalue weighted by Gasteiger charge is 2.08. The first-order valence-corrected chi connectivity index (χ1v) is 6.45. The summed E-state index contributed by atoms with van der Waals surface area (Å²) in [5, 5.41) is 0.587. The van der Waals surface area contributed by atoms with Gasteiger partial charge in [-0.05, 0) is 30.3 Å². The molecule has 3 rings (SSSR count). The molecule has 0 unspecified atom stereocenters. The van der Waals surface area contributed by atoms with Crippen LogP contribution in [-0.2, 0) is 11.3 Å². The fraction of sp³-hybridized carbons (Fsp3) is 0.125. The van der Waals surface area contributed by atoms with Crippen LogP contribution in [0.5, 0.6) is 0 Å². The zero-order chi connectivity index (χ0) is 14.8. The summed E-state index contributed by atoms with van der Waals surface area (Å²) >= 11 is 0. The Kier molecular flexibility index (Phi) is 3.39. The first kappa shape index (κ1) is 13.3. The molecule has 0 saturated heterocycles. The van der Waals surface area contributed by atoms with Crippen molar-refractivity contribution in [1.29, 1.82) is 0 Å². The maximum absolute atomic E-state index is 13.6. The lowest BCUT2D eigenvalue weighted by atomic mass is 10.2. The van der Waals surface area contributed by atoms with Crippen LogP contribution in [0.3, 0.4) is 0 Å². The van der Waals surface area contributed by atoms with Gasteiger partial charge in [-0.25, -0.2) is 9.18 Å². The summed E-state index contributed by atoms with van der Waals surface area (Å²) in [5.41, 5.74) is 2.00. The first-order valence-electron chi connectivity index (χ1n) is 6.45. The van der Waals surface area contributed by atoms with E-state index in [0.717, 1.165) is 11.2 Å². The molecule has 3 aromatic rings. The number of esters is 1. The number of hydrogen-bond acceptors (Lipinski definition) is 3. The Labute approximate surface area is 120 Å². The van der Waals surface area contributed by atoms with Crippen molar-refractivity contribution in [3.05, 3.63) is 65.9 Å². The van der Waals surface area contributed by atoms with Gasteiger partial charge in [-0.1, -0.05) is 6.07 Å². The van der Waals surface area contributed by atoms with Crippen molar-refractivity contribution in [2.75, 3.05) is 7.11 Å². The lowest BCUT2D eigenvalue weighted by molar-refractivity contribution is 0.0600. The number of methoxy groups -OCH3 is 1. The molecule has 0 atom stereocenters. The lowest BCUT2D eigenvalue weighted by Crippen LogP contribution is -2.04. The van der Waals surface area contributed by atoms with Crippen molar-refractivity contribution in [3.63, 3.8) is 0 Å². The van der Waals surface area contributed by atoms with E-state index in [0.29, 0.717) is 17.5 Å². The Bertz CT molecular complexity index is 794. The average Bonchev–Trinajstić information content (AvgIpc) is 2.92. The lowest BCUT2D eigenvalue weighted by Gasteiger charge is -2.06. The van der Waals surface area contributed by atoms with Gasteiger partial charge >= 0.3 is 5.97 Å². The van der Waals surface area contributed by atoms with E-state index in [2.05, 4.69) is 9.72 Å². The number of hydrogen-bond donors (Lipinski definition) is 0. The number of pyridine rings is 1. The van der Waals surface area contributed by atoms with Gasteiger partial charge in [-0.2, -0.15) is 0 Å². The number of aromatic nitrogens is 2. The number of halogens is 1. The molecule has 4 nitrogen and oxygen atoms in total. The molecule has 0 amide bonds. The van der Waals surface area contributed by atoms with Crippen LogP contribution in [0.15, 0.2) is 48.8 Å². The van der Waals surface area contributed by atoms with E-state index in [1.165, 1.54) is 19.4 Å². The van der Waals surface area contributed by atoms with Crippen molar-refractivity contribution in [2.45, 2.75) is 6.54 Å². The fourth-order valence-corrected chi connectivity index (χ4v) is 2.25. The SMILES string of the molecule is COC(=O)c1ccc(Cn2ccc3c(F)cccc32)nc1. The van der Waals surface area contributed by atoms with Gasteiger partial charge < -0.3 is 9.30 Å². The summed E-state index contributed by atoms with van der Waals surface area (Å²) in [6, 6.07) is 10.2. The van der Waals surface area contributed by atoms with Gasteiger partial charge in [0.15, 0.2) is 0 Å². The second-order valence-electron chi connectivity index (χ2n) is 4.65. The Morgan fingerprint density at radius 1 is 1.29 bits per heavy atom. The molecule has 106 valence electrons. The van der Waals surface area contributed by atoms with Gasteiger partial charge in [-0.3, -0.25) is 4.98 Å². The molecule has 0 fully saturated rings. The Morgan fingerprint density at radius 2 is 2.14 bits per heavy atom. The first-order chi connectivity index (χ1) is 10.2. The molecule has 1 aromatic carbocycles. The third kappa shape index (κ3) is 2.50. The summed E-state index contributed by atoms with van der Waals surface area (Å²) in [4.78, 5) is 15.6. The molecule has 0 saturated carbocycles. The highest BCUT2D eigenvalue weighted by molar-refractivity contribution is 5.88. The molecule has 0 aliphatic heterocycles. The standard InChI is InChI=1S/C16H13FN2O2/c1-21-16(20)11-5-6-12(18-9-11)10-19-8-7-13-14(17)3-2-4-15(13)19/h2-9H,10H2,1H3. The number of nitrogens with zero attached hydrogens (tertiary/aromatic N) is 2. The molecule has 21 heavy (non-hydrogen) atoms. The smallest absolute Gasteiger partial charge is 0.339 e. The van der Waals surface area contributed by atoms with Gasteiger partial charge in [0.25, 0.3) is 0 Å². The van der Waals surface area contributed by atoms with E-state index in [1.807, 2.05) is 16.8 Å². The third-order valence-corrected chi connectivity index (χ3v) is 3.34. The van der Waals surface area contributed by atoms with Gasteiger partial charge in [0, 0.05) is 17.8 Å². The Hall–Kier alpha value is -2.69. The van der Waals surface area contributed by atoms with E-state index in [1.54, 1.807) is 24.3 Å². The molecule has 2 heterocycles. The average molecular weight is 284 g/mol. The molecule has 0 spiro atoms. The zero-order valence-electron chi connectivity index (χ0n) is 11.4. The number of fused-ring (bicyclic) bond motifs is 1. The number of ether oxygens (including phenoxy) is 1. The largest absolute Gasteiger partial charge is 0.465 e. The quantitative estimate of drug-likeness (QED) is 0.694. The van der Waals surface area contributed by atoms with Crippen LogP contribution in [0.1, 0.15) is 16.1 Å². The molecule has 0 aliphatic carbocycles. The minimum atomic E-state index is -0.414. The number of rotatable bonds is 3. The summed E-state index contributed by atoms with van der Waals surface area (Å²) in [6.45, 7) is 0.508. The monoisotopic (exact) mass is 284 g/mol. The van der Waals surface area contributed by atoms with Crippen LogP contribution >= 0.6 is 0 Å². The molecular formula is C16H13FN2O2. The fourth-order valence-electron chi connectivity index (χ4n) is 2.25. The van der Waals surface area contributed by atoms with Crippen molar-refractivity contribution >= 4 is 16.9 Å². The van der Waals surface area contributed by atoms with Crippen LogP contribution in [0.25, 0.3) is 10.9 Å².